The summed E-state index contributed by atoms with van der Waals surface area (Å²) in [7, 11) is -3.96. The minimum Gasteiger partial charge on any atom is -0.389 e. The third-order valence-electron chi connectivity index (χ3n) is 3.85. The Labute approximate surface area is 147 Å². The summed E-state index contributed by atoms with van der Waals surface area (Å²) in [6, 6.07) is 4.76. The molecule has 0 atom stereocenters. The molecule has 25 heavy (non-hydrogen) atoms. The van der Waals surface area contributed by atoms with Gasteiger partial charge in [0.15, 0.2) is 0 Å². The molecule has 1 saturated heterocycles. The zero-order valence-electron chi connectivity index (χ0n) is 14.1. The van der Waals surface area contributed by atoms with Gasteiger partial charge in [0.25, 0.3) is 5.91 Å². The molecule has 1 fully saturated rings. The third kappa shape index (κ3) is 4.79. The third-order valence-corrected chi connectivity index (χ3v) is 5.24. The van der Waals surface area contributed by atoms with E-state index in [1.807, 2.05) is 4.72 Å². The number of anilines is 1. The molecule has 0 bridgehead atoms. The highest BCUT2D eigenvalue weighted by atomic mass is 32.2. The van der Waals surface area contributed by atoms with Crippen molar-refractivity contribution in [1.82, 2.24) is 10.0 Å². The molecule has 0 unspecified atom stereocenters. The van der Waals surface area contributed by atoms with Crippen molar-refractivity contribution in [3.8, 4) is 0 Å². The van der Waals surface area contributed by atoms with Gasteiger partial charge in [0.05, 0.1) is 5.69 Å². The summed E-state index contributed by atoms with van der Waals surface area (Å²) in [5, 5.41) is 6.16. The monoisotopic (exact) mass is 366 g/mol. The molecule has 0 radical (unpaired) electrons. The van der Waals surface area contributed by atoms with Crippen molar-refractivity contribution in [1.29, 1.82) is 0 Å². The Morgan fingerprint density at radius 3 is 2.80 bits per heavy atom. The molecule has 1 amide bonds. The molecule has 1 aliphatic heterocycles. The van der Waals surface area contributed by atoms with Crippen LogP contribution in [-0.4, -0.2) is 27.4 Å². The number of carbonyl (C=O) groups excluding carboxylic acids is 1. The fraction of sp³-hybridized carbons (Fsp3) is 0.438. The number of unbranched alkanes of at least 4 members (excludes halogenated alkanes) is 1. The van der Waals surface area contributed by atoms with Crippen molar-refractivity contribution in [3.05, 3.63) is 40.9 Å². The highest BCUT2D eigenvalue weighted by Crippen LogP contribution is 2.32. The molecule has 9 heteroatoms. The van der Waals surface area contributed by atoms with Crippen LogP contribution >= 0.6 is 0 Å². The second kappa shape index (κ2) is 8.11. The van der Waals surface area contributed by atoms with Crippen molar-refractivity contribution >= 4 is 27.5 Å². The quantitative estimate of drug-likeness (QED) is 0.514. The second-order valence-electron chi connectivity index (χ2n) is 5.84. The van der Waals surface area contributed by atoms with Crippen LogP contribution in [0.25, 0.3) is 0 Å². The summed E-state index contributed by atoms with van der Waals surface area (Å²) in [5.74, 6) is -0.643. The Morgan fingerprint density at radius 1 is 1.44 bits per heavy atom. The maximum Gasteiger partial charge on any atom is 0.326 e. The number of nitrogens with one attached hydrogen (secondary N) is 2. The highest BCUT2D eigenvalue weighted by molar-refractivity contribution is 7.92. The van der Waals surface area contributed by atoms with E-state index in [1.54, 1.807) is 12.1 Å². The van der Waals surface area contributed by atoms with Gasteiger partial charge in [0, 0.05) is 12.2 Å². The van der Waals surface area contributed by atoms with E-state index in [0.717, 1.165) is 35.0 Å². The number of benzene rings is 1. The molecule has 0 saturated carbocycles. The van der Waals surface area contributed by atoms with Gasteiger partial charge in [-0.1, -0.05) is 26.0 Å². The van der Waals surface area contributed by atoms with Crippen LogP contribution in [0.1, 0.15) is 31.7 Å². The van der Waals surface area contributed by atoms with Gasteiger partial charge in [0.1, 0.15) is 12.2 Å². The van der Waals surface area contributed by atoms with E-state index in [2.05, 4.69) is 24.0 Å². The van der Waals surface area contributed by atoms with Gasteiger partial charge in [-0.2, -0.15) is 8.42 Å². The van der Waals surface area contributed by atoms with E-state index in [0.29, 0.717) is 12.8 Å². The van der Waals surface area contributed by atoms with Crippen LogP contribution in [0.15, 0.2) is 35.7 Å². The van der Waals surface area contributed by atoms with Crippen molar-refractivity contribution in [2.75, 3.05) is 17.4 Å². The molecule has 2 rings (SSSR count). The zero-order valence-corrected chi connectivity index (χ0v) is 14.9. The molecule has 1 aliphatic rings. The van der Waals surface area contributed by atoms with Crippen LogP contribution in [0.3, 0.4) is 0 Å². The largest absolute Gasteiger partial charge is 0.389 e. The maximum absolute atomic E-state index is 11.9. The minimum atomic E-state index is -3.96. The average molecular weight is 366 g/mol. The summed E-state index contributed by atoms with van der Waals surface area (Å²) in [4.78, 5) is 22.5. The van der Waals surface area contributed by atoms with Gasteiger partial charge < -0.3 is 5.32 Å². The molecule has 0 aromatic heterocycles. The molecule has 0 aliphatic carbocycles. The summed E-state index contributed by atoms with van der Waals surface area (Å²) < 4.78 is 26.5. The van der Waals surface area contributed by atoms with Crippen LogP contribution in [0.4, 0.5) is 11.4 Å². The molecule has 8 nitrogen and oxygen atoms in total. The Kier molecular flexibility index (Phi) is 6.13. The summed E-state index contributed by atoms with van der Waals surface area (Å²) in [6.07, 6.45) is 3.52. The van der Waals surface area contributed by atoms with E-state index in [-0.39, 0.29) is 17.9 Å². The molecule has 2 N–H and O–H groups in total. The standard InChI is InChI=1S/C16H22N4O4S/c1-3-4-9-17-12(2)5-6-13-7-8-15(14(10-13)18-22)20-11-16(21)19-25(20,23)24/h7-8,10,17H,2-6,9,11H2,1H3,(H,19,21). The van der Waals surface area contributed by atoms with Crippen molar-refractivity contribution in [3.63, 3.8) is 0 Å². The summed E-state index contributed by atoms with van der Waals surface area (Å²) in [5.41, 5.74) is 1.84. The lowest BCUT2D eigenvalue weighted by molar-refractivity contribution is -0.117. The molecule has 1 heterocycles. The molecule has 1 aromatic carbocycles. The predicted octanol–water partition coefficient (Wildman–Crippen LogP) is 2.10. The normalized spacial score (nSPS) is 15.7. The van der Waals surface area contributed by atoms with Gasteiger partial charge in [-0.25, -0.2) is 9.03 Å². The van der Waals surface area contributed by atoms with E-state index in [9.17, 15) is 18.1 Å². The first-order valence-electron chi connectivity index (χ1n) is 8.08. The van der Waals surface area contributed by atoms with Gasteiger partial charge in [-0.15, -0.1) is 4.91 Å². The number of hydrogen-bond acceptors (Lipinski definition) is 6. The molecule has 136 valence electrons. The second-order valence-corrected chi connectivity index (χ2v) is 7.43. The minimum absolute atomic E-state index is 0.0119. The van der Waals surface area contributed by atoms with Gasteiger partial charge >= 0.3 is 10.2 Å². The number of nitrogens with zero attached hydrogens (tertiary/aromatic N) is 2. The number of aryl methyl sites for hydroxylation is 1. The number of carbonyl (C=O) groups is 1. The van der Waals surface area contributed by atoms with Gasteiger partial charge in [-0.05, 0) is 42.1 Å². The first-order valence-corrected chi connectivity index (χ1v) is 9.52. The van der Waals surface area contributed by atoms with E-state index in [1.165, 1.54) is 6.07 Å². The number of rotatable bonds is 9. The fourth-order valence-electron chi connectivity index (χ4n) is 2.50. The van der Waals surface area contributed by atoms with E-state index < -0.39 is 16.1 Å². The SMILES string of the molecule is C=C(CCc1ccc(N2CC(=O)NS2(=O)=O)c(N=O)c1)NCCCC. The zero-order chi connectivity index (χ0) is 18.4. The van der Waals surface area contributed by atoms with Crippen molar-refractivity contribution in [2.45, 2.75) is 32.6 Å². The van der Waals surface area contributed by atoms with Gasteiger partial charge in [-0.3, -0.25) is 4.79 Å². The summed E-state index contributed by atoms with van der Waals surface area (Å²) >= 11 is 0. The lowest BCUT2D eigenvalue weighted by Crippen LogP contribution is -2.29. The first-order chi connectivity index (χ1) is 11.9. The van der Waals surface area contributed by atoms with Crippen LogP contribution in [0.2, 0.25) is 0 Å². The Hall–Kier alpha value is -2.42. The number of amides is 1. The molecule has 1 aromatic rings. The van der Waals surface area contributed by atoms with E-state index >= 15 is 0 Å². The van der Waals surface area contributed by atoms with Crippen LogP contribution in [-0.2, 0) is 21.4 Å². The predicted molar refractivity (Wildman–Crippen MR) is 96.7 cm³/mol. The lowest BCUT2D eigenvalue weighted by atomic mass is 10.1. The molecular formula is C16H22N4O4S. The first kappa shape index (κ1) is 18.9. The smallest absolute Gasteiger partial charge is 0.326 e. The summed E-state index contributed by atoms with van der Waals surface area (Å²) in [6.45, 7) is 6.60. The van der Waals surface area contributed by atoms with Crippen LogP contribution in [0.5, 0.6) is 0 Å². The maximum atomic E-state index is 11.9. The molecular weight excluding hydrogens is 344 g/mol. The number of allylic oxidation sites excluding steroid dienone is 1. The Balaban J connectivity index is 2.08. The number of hydrogen-bond donors (Lipinski definition) is 2. The fourth-order valence-corrected chi connectivity index (χ4v) is 3.66. The topological polar surface area (TPSA) is 108 Å². The Bertz CT molecular complexity index is 776. The highest BCUT2D eigenvalue weighted by Gasteiger charge is 2.35. The van der Waals surface area contributed by atoms with Gasteiger partial charge in [0.2, 0.25) is 0 Å². The molecule has 0 spiro atoms. The van der Waals surface area contributed by atoms with Crippen molar-refractivity contribution in [2.24, 2.45) is 5.18 Å². The van der Waals surface area contributed by atoms with Crippen molar-refractivity contribution < 1.29 is 13.2 Å². The van der Waals surface area contributed by atoms with E-state index in [4.69, 9.17) is 0 Å². The van der Waals surface area contributed by atoms with Crippen LogP contribution in [0, 0.1) is 4.91 Å². The Morgan fingerprint density at radius 2 is 2.20 bits per heavy atom. The number of nitroso groups, excluding NO2 is 1. The lowest BCUT2D eigenvalue weighted by Gasteiger charge is -2.16. The van der Waals surface area contributed by atoms with Crippen LogP contribution < -0.4 is 14.3 Å². The average Bonchev–Trinajstić information content (AvgIpc) is 2.85.